The first-order valence-corrected chi connectivity index (χ1v) is 12.1. The van der Waals surface area contributed by atoms with E-state index in [-0.39, 0.29) is 5.41 Å². The number of pyridine rings is 1. The number of carboxylic acid groups (broad SMARTS) is 2. The lowest BCUT2D eigenvalue weighted by molar-refractivity contribution is -0.193. The first kappa shape index (κ1) is 31.5. The number of aromatic nitrogens is 1. The van der Waals surface area contributed by atoms with Crippen LogP contribution in [0.2, 0.25) is 0 Å². The number of nitrogens with zero attached hydrogens (tertiary/aromatic N) is 3. The predicted molar refractivity (Wildman–Crippen MR) is 124 cm³/mol. The fourth-order valence-electron chi connectivity index (χ4n) is 3.97. The Hall–Kier alpha value is -2.75. The highest BCUT2D eigenvalue weighted by Crippen LogP contribution is 2.34. The van der Waals surface area contributed by atoms with Crippen LogP contribution in [0.4, 0.5) is 26.3 Å². The molecule has 0 bridgehead atoms. The summed E-state index contributed by atoms with van der Waals surface area (Å²) in [5.41, 5.74) is 1.44. The van der Waals surface area contributed by atoms with Crippen LogP contribution in [0.15, 0.2) is 41.9 Å². The summed E-state index contributed by atoms with van der Waals surface area (Å²) in [5.74, 6) is -5.51. The van der Waals surface area contributed by atoms with Gasteiger partial charge >= 0.3 is 24.3 Å². The molecule has 212 valence electrons. The summed E-state index contributed by atoms with van der Waals surface area (Å²) < 4.78 is 69.5. The number of alkyl halides is 6. The van der Waals surface area contributed by atoms with Crippen LogP contribution in [-0.4, -0.2) is 88.7 Å². The Morgan fingerprint density at radius 3 is 2.05 bits per heavy atom. The highest BCUT2D eigenvalue weighted by molar-refractivity contribution is 7.09. The molecule has 2 aromatic rings. The maximum atomic E-state index is 10.6. The zero-order valence-electron chi connectivity index (χ0n) is 20.0. The van der Waals surface area contributed by atoms with Crippen molar-refractivity contribution < 1.29 is 50.9 Å². The molecule has 0 aliphatic carbocycles. The summed E-state index contributed by atoms with van der Waals surface area (Å²) in [6.45, 7) is 8.18. The van der Waals surface area contributed by atoms with Gasteiger partial charge in [-0.2, -0.15) is 26.3 Å². The number of thiophene rings is 1. The van der Waals surface area contributed by atoms with Gasteiger partial charge < -0.3 is 14.9 Å². The van der Waals surface area contributed by atoms with Crippen molar-refractivity contribution in [1.82, 2.24) is 14.8 Å². The van der Waals surface area contributed by atoms with Gasteiger partial charge in [0.05, 0.1) is 18.9 Å². The van der Waals surface area contributed by atoms with E-state index in [0.717, 1.165) is 51.6 Å². The average Bonchev–Trinajstić information content (AvgIpc) is 3.42. The third-order valence-electron chi connectivity index (χ3n) is 5.59. The molecule has 8 nitrogen and oxygen atoms in total. The zero-order valence-corrected chi connectivity index (χ0v) is 20.9. The molecular formula is C23H27F6N3O5S. The Morgan fingerprint density at radius 2 is 1.55 bits per heavy atom. The lowest BCUT2D eigenvalue weighted by Crippen LogP contribution is -2.40. The van der Waals surface area contributed by atoms with E-state index in [4.69, 9.17) is 24.5 Å². The molecule has 1 spiro atoms. The Kier molecular flexibility index (Phi) is 11.5. The molecule has 2 N–H and O–H groups in total. The van der Waals surface area contributed by atoms with E-state index in [1.807, 2.05) is 23.6 Å². The molecule has 4 heterocycles. The molecule has 2 saturated heterocycles. The summed E-state index contributed by atoms with van der Waals surface area (Å²) >= 11 is 1.86. The van der Waals surface area contributed by atoms with Crippen molar-refractivity contribution in [3.63, 3.8) is 0 Å². The van der Waals surface area contributed by atoms with Crippen LogP contribution in [-0.2, 0) is 27.4 Å². The van der Waals surface area contributed by atoms with Crippen LogP contribution in [0.1, 0.15) is 17.0 Å². The highest BCUT2D eigenvalue weighted by Gasteiger charge is 2.41. The van der Waals surface area contributed by atoms with E-state index < -0.39 is 24.3 Å². The van der Waals surface area contributed by atoms with E-state index in [9.17, 15) is 26.3 Å². The molecule has 38 heavy (non-hydrogen) atoms. The molecule has 0 radical (unpaired) electrons. The van der Waals surface area contributed by atoms with E-state index >= 15 is 0 Å². The lowest BCUT2D eigenvalue weighted by atomic mass is 9.87. The van der Waals surface area contributed by atoms with Gasteiger partial charge in [-0.25, -0.2) is 9.59 Å². The molecule has 0 saturated carbocycles. The minimum Gasteiger partial charge on any atom is -0.475 e. The van der Waals surface area contributed by atoms with Crippen molar-refractivity contribution in [2.24, 2.45) is 5.41 Å². The Labute approximate surface area is 218 Å². The lowest BCUT2D eigenvalue weighted by Gasteiger charge is -2.31. The van der Waals surface area contributed by atoms with Gasteiger partial charge in [-0.15, -0.1) is 11.3 Å². The van der Waals surface area contributed by atoms with Crippen molar-refractivity contribution in [1.29, 1.82) is 0 Å². The Balaban J connectivity index is 0.000000301. The van der Waals surface area contributed by atoms with E-state index in [1.54, 1.807) is 0 Å². The van der Waals surface area contributed by atoms with Crippen LogP contribution in [0.3, 0.4) is 0 Å². The van der Waals surface area contributed by atoms with Crippen LogP contribution in [0.5, 0.6) is 0 Å². The third-order valence-corrected chi connectivity index (χ3v) is 6.45. The molecular weight excluding hydrogens is 544 g/mol. The van der Waals surface area contributed by atoms with Gasteiger partial charge in [0.2, 0.25) is 0 Å². The fraction of sp³-hybridized carbons (Fsp3) is 0.522. The third kappa shape index (κ3) is 10.9. The first-order chi connectivity index (χ1) is 17.7. The molecule has 0 amide bonds. The number of hydrogen-bond acceptors (Lipinski definition) is 7. The molecule has 1 atom stereocenters. The summed E-state index contributed by atoms with van der Waals surface area (Å²) in [6.07, 6.45) is -7.05. The van der Waals surface area contributed by atoms with Gasteiger partial charge in [-0.1, -0.05) is 12.1 Å². The number of carbonyl (C=O) groups is 2. The Bertz CT molecular complexity index is 983. The van der Waals surface area contributed by atoms with E-state index in [1.165, 1.54) is 17.8 Å². The van der Waals surface area contributed by atoms with Gasteiger partial charge in [-0.3, -0.25) is 14.8 Å². The van der Waals surface area contributed by atoms with E-state index in [0.29, 0.717) is 0 Å². The Morgan fingerprint density at radius 1 is 0.947 bits per heavy atom. The van der Waals surface area contributed by atoms with Crippen molar-refractivity contribution in [2.75, 3.05) is 39.4 Å². The summed E-state index contributed by atoms with van der Waals surface area (Å²) in [6, 6.07) is 10.6. The largest absolute Gasteiger partial charge is 0.490 e. The van der Waals surface area contributed by atoms with Crippen LogP contribution >= 0.6 is 11.3 Å². The standard InChI is InChI=1S/C19H25N3OS.2C2HF3O2/c1-2-7-20-17(4-1)12-22-9-10-23-16-19(15-22)6-8-21(14-19)13-18-5-3-11-24-18;2*3-2(4,5)1(6)7/h1-5,7,11H,6,8-10,12-16H2;2*(H,6,7). The fourth-order valence-corrected chi connectivity index (χ4v) is 4.72. The van der Waals surface area contributed by atoms with Gasteiger partial charge in [0.15, 0.2) is 0 Å². The number of rotatable bonds is 4. The molecule has 1 unspecified atom stereocenters. The smallest absolute Gasteiger partial charge is 0.475 e. The van der Waals surface area contributed by atoms with Crippen LogP contribution < -0.4 is 0 Å². The molecule has 15 heteroatoms. The second kappa shape index (κ2) is 13.9. The zero-order chi connectivity index (χ0) is 28.4. The van der Waals surface area contributed by atoms with Gasteiger partial charge in [-0.05, 0) is 36.5 Å². The minimum atomic E-state index is -5.08. The molecule has 2 aliphatic rings. The average molecular weight is 572 g/mol. The molecule has 2 fully saturated rings. The maximum Gasteiger partial charge on any atom is 0.490 e. The van der Waals surface area contributed by atoms with Crippen molar-refractivity contribution in [3.8, 4) is 0 Å². The van der Waals surface area contributed by atoms with Crippen LogP contribution in [0.25, 0.3) is 0 Å². The van der Waals surface area contributed by atoms with Gasteiger partial charge in [0.25, 0.3) is 0 Å². The number of aliphatic carboxylic acids is 2. The number of ether oxygens (including phenoxy) is 1. The van der Waals surface area contributed by atoms with Gasteiger partial charge in [0.1, 0.15) is 0 Å². The summed E-state index contributed by atoms with van der Waals surface area (Å²) in [4.78, 5) is 28.9. The number of hydrogen-bond donors (Lipinski definition) is 2. The normalized spacial score (nSPS) is 20.6. The van der Waals surface area contributed by atoms with Crippen molar-refractivity contribution in [2.45, 2.75) is 31.9 Å². The summed E-state index contributed by atoms with van der Waals surface area (Å²) in [7, 11) is 0. The minimum absolute atomic E-state index is 0.280. The molecule has 2 aliphatic heterocycles. The quantitative estimate of drug-likeness (QED) is 0.529. The van der Waals surface area contributed by atoms with Gasteiger partial charge in [0, 0.05) is 49.2 Å². The second-order valence-corrected chi connectivity index (χ2v) is 9.76. The highest BCUT2D eigenvalue weighted by atomic mass is 32.1. The number of likely N-dealkylation sites (tertiary alicyclic amines) is 1. The second-order valence-electron chi connectivity index (χ2n) is 8.73. The molecule has 0 aromatic carbocycles. The number of carboxylic acids is 2. The maximum absolute atomic E-state index is 10.6. The molecule has 2 aromatic heterocycles. The first-order valence-electron chi connectivity index (χ1n) is 11.3. The van der Waals surface area contributed by atoms with Crippen LogP contribution in [0, 0.1) is 5.41 Å². The predicted octanol–water partition coefficient (Wildman–Crippen LogP) is 4.13. The number of halogens is 6. The van der Waals surface area contributed by atoms with Crippen molar-refractivity contribution >= 4 is 23.3 Å². The van der Waals surface area contributed by atoms with Crippen molar-refractivity contribution in [3.05, 3.63) is 52.5 Å². The summed E-state index contributed by atoms with van der Waals surface area (Å²) in [5, 5.41) is 16.4. The molecule has 4 rings (SSSR count). The SMILES string of the molecule is O=C(O)C(F)(F)F.O=C(O)C(F)(F)F.c1ccc(CN2CCOCC3(CCN(Cc4cccs4)C3)C2)nc1. The monoisotopic (exact) mass is 571 g/mol. The topological polar surface area (TPSA) is 103 Å². The van der Waals surface area contributed by atoms with E-state index in [2.05, 4.69) is 44.4 Å².